The number of anilines is 3. The molecule has 0 amide bonds. The number of aromatic nitrogens is 3. The van der Waals surface area contributed by atoms with Crippen LogP contribution in [0.25, 0.3) is 82.6 Å². The highest BCUT2D eigenvalue weighted by Gasteiger charge is 2.35. The minimum atomic E-state index is 0.627. The first-order chi connectivity index (χ1) is 28.7. The summed E-state index contributed by atoms with van der Waals surface area (Å²) in [6.45, 7) is 0. The van der Waals surface area contributed by atoms with E-state index in [1.807, 2.05) is 42.5 Å². The first-order valence-electron chi connectivity index (χ1n) is 19.5. The third-order valence-corrected chi connectivity index (χ3v) is 11.7. The third-order valence-electron chi connectivity index (χ3n) is 11.7. The Balaban J connectivity index is 1.06. The van der Waals surface area contributed by atoms with Crippen molar-refractivity contribution in [1.82, 2.24) is 14.5 Å². The molecule has 0 unspecified atom stereocenters. The van der Waals surface area contributed by atoms with Gasteiger partial charge in [0.05, 0.1) is 33.6 Å². The third kappa shape index (κ3) is 4.42. The van der Waals surface area contributed by atoms with Gasteiger partial charge in [-0.15, -0.1) is 0 Å². The molecule has 2 aliphatic rings. The molecule has 11 aromatic rings. The molecule has 0 N–H and O–H groups in total. The zero-order valence-corrected chi connectivity index (χ0v) is 30.9. The molecule has 270 valence electrons. The molecule has 58 heavy (non-hydrogen) atoms. The summed E-state index contributed by atoms with van der Waals surface area (Å²) >= 11 is 0. The van der Waals surface area contributed by atoms with Crippen molar-refractivity contribution in [3.8, 4) is 51.3 Å². The molecule has 0 atom stereocenters. The number of ether oxygens (including phenoxy) is 2. The van der Waals surface area contributed by atoms with Crippen molar-refractivity contribution in [2.45, 2.75) is 0 Å². The largest absolute Gasteiger partial charge is 0.453 e. The molecule has 4 heterocycles. The van der Waals surface area contributed by atoms with E-state index < -0.39 is 0 Å². The van der Waals surface area contributed by atoms with Gasteiger partial charge in [0.15, 0.2) is 23.0 Å². The van der Waals surface area contributed by atoms with Crippen molar-refractivity contribution in [3.63, 3.8) is 0 Å². The van der Waals surface area contributed by atoms with Crippen LogP contribution in [0.4, 0.5) is 17.1 Å². The van der Waals surface area contributed by atoms with Crippen molar-refractivity contribution in [2.24, 2.45) is 0 Å². The maximum atomic E-state index is 6.65. The number of benzene rings is 9. The van der Waals surface area contributed by atoms with E-state index in [9.17, 15) is 0 Å². The molecule has 6 heteroatoms. The van der Waals surface area contributed by atoms with Gasteiger partial charge in [0.25, 0.3) is 0 Å². The molecule has 0 radical (unpaired) electrons. The summed E-state index contributed by atoms with van der Waals surface area (Å²) in [5.41, 5.74) is 9.86. The van der Waals surface area contributed by atoms with Crippen molar-refractivity contribution in [1.29, 1.82) is 0 Å². The Morgan fingerprint density at radius 2 is 1.03 bits per heavy atom. The number of hydrogen-bond donors (Lipinski definition) is 0. The summed E-state index contributed by atoms with van der Waals surface area (Å²) in [7, 11) is 0. The molecule has 6 nitrogen and oxygen atoms in total. The van der Waals surface area contributed by atoms with Crippen molar-refractivity contribution >= 4 is 71.3 Å². The molecule has 0 aliphatic carbocycles. The van der Waals surface area contributed by atoms with Crippen LogP contribution >= 0.6 is 0 Å². The van der Waals surface area contributed by atoms with Gasteiger partial charge in [0.1, 0.15) is 5.69 Å². The van der Waals surface area contributed by atoms with E-state index in [1.165, 1.54) is 16.2 Å². The van der Waals surface area contributed by atoms with Crippen LogP contribution in [0, 0.1) is 0 Å². The molecule has 0 saturated carbocycles. The van der Waals surface area contributed by atoms with Crippen LogP contribution in [0.2, 0.25) is 0 Å². The average Bonchev–Trinajstić information content (AvgIpc) is 3.62. The van der Waals surface area contributed by atoms with Crippen LogP contribution in [0.1, 0.15) is 0 Å². The molecular formula is C52H30N4O2. The van der Waals surface area contributed by atoms with E-state index >= 15 is 0 Å². The Labute approximate surface area is 332 Å². The molecule has 2 aliphatic heterocycles. The molecule has 9 aromatic carbocycles. The molecule has 13 rings (SSSR count). The summed E-state index contributed by atoms with van der Waals surface area (Å²) in [6.07, 6.45) is 0. The van der Waals surface area contributed by atoms with E-state index in [2.05, 4.69) is 149 Å². The quantitative estimate of drug-likeness (QED) is 0.180. The van der Waals surface area contributed by atoms with Gasteiger partial charge in [-0.25, -0.2) is 9.97 Å². The Hall–Kier alpha value is -7.96. The SMILES string of the molecule is c1ccc2c(c1)Oc1cc(-c3ccc4c(c3)c3c5ccccc5ccc3n4-c3nc(-c4cccc5ccccc45)c4ccccc4n3)cc3c1N2c1ccccc1O3. The number of rotatable bonds is 3. The van der Waals surface area contributed by atoms with Gasteiger partial charge in [-0.2, -0.15) is 0 Å². The normalized spacial score (nSPS) is 12.7. The monoisotopic (exact) mass is 742 g/mol. The van der Waals surface area contributed by atoms with E-state index in [0.29, 0.717) is 5.95 Å². The molecular weight excluding hydrogens is 713 g/mol. The number of nitrogens with zero attached hydrogens (tertiary/aromatic N) is 4. The predicted octanol–water partition coefficient (Wildman–Crippen LogP) is 14.0. The first-order valence-corrected chi connectivity index (χ1v) is 19.5. The zero-order chi connectivity index (χ0) is 37.9. The van der Waals surface area contributed by atoms with Crippen molar-refractivity contribution < 1.29 is 9.47 Å². The zero-order valence-electron chi connectivity index (χ0n) is 30.9. The van der Waals surface area contributed by atoms with E-state index in [4.69, 9.17) is 19.4 Å². The number of hydrogen-bond acceptors (Lipinski definition) is 5. The summed E-state index contributed by atoms with van der Waals surface area (Å²) in [5, 5.41) is 7.95. The topological polar surface area (TPSA) is 52.4 Å². The molecule has 0 saturated heterocycles. The number of fused-ring (bicyclic) bond motifs is 11. The fourth-order valence-corrected chi connectivity index (χ4v) is 9.18. The Bertz CT molecular complexity index is 3480. The molecule has 0 bridgehead atoms. The lowest BCUT2D eigenvalue weighted by molar-refractivity contribution is 0.446. The number of para-hydroxylation sites is 5. The standard InChI is InChI=1S/C52H30N4O2/c1-3-15-35-31(12-1)14-11-18-37(35)50-38-17-5-6-19-40(38)53-52(54-50)56-41-26-25-33(28-39(41)49-36-16-4-2-13-32(36)24-27-44(49)56)34-29-47-51-48(30-34)58-46-23-10-8-21-43(46)55(51)42-20-7-9-22-45(42)57-47/h1-30H. The van der Waals surface area contributed by atoms with Crippen LogP contribution in [0.3, 0.4) is 0 Å². The highest BCUT2D eigenvalue weighted by molar-refractivity contribution is 6.22. The van der Waals surface area contributed by atoms with Crippen LogP contribution in [0.15, 0.2) is 182 Å². The fraction of sp³-hybridized carbons (Fsp3) is 0. The maximum absolute atomic E-state index is 6.65. The van der Waals surface area contributed by atoms with Gasteiger partial charge < -0.3 is 9.47 Å². The van der Waals surface area contributed by atoms with Crippen molar-refractivity contribution in [2.75, 3.05) is 4.90 Å². The Kier molecular flexibility index (Phi) is 6.35. The first kappa shape index (κ1) is 31.3. The Morgan fingerprint density at radius 3 is 1.81 bits per heavy atom. The van der Waals surface area contributed by atoms with Gasteiger partial charge >= 0.3 is 0 Å². The van der Waals surface area contributed by atoms with E-state index in [-0.39, 0.29) is 0 Å². The molecule has 2 aromatic heterocycles. The van der Waals surface area contributed by atoms with Crippen LogP contribution in [-0.2, 0) is 0 Å². The van der Waals surface area contributed by atoms with Gasteiger partial charge in [0, 0.05) is 21.7 Å². The van der Waals surface area contributed by atoms with E-state index in [0.717, 1.165) is 101 Å². The van der Waals surface area contributed by atoms with Gasteiger partial charge in [-0.05, 0) is 93.3 Å². The second-order valence-corrected chi connectivity index (χ2v) is 15.0. The summed E-state index contributed by atoms with van der Waals surface area (Å²) in [4.78, 5) is 13.0. The lowest BCUT2D eigenvalue weighted by Gasteiger charge is -2.38. The fourth-order valence-electron chi connectivity index (χ4n) is 9.18. The van der Waals surface area contributed by atoms with Crippen molar-refractivity contribution in [3.05, 3.63) is 182 Å². The van der Waals surface area contributed by atoms with Gasteiger partial charge in [0.2, 0.25) is 5.95 Å². The Morgan fingerprint density at radius 1 is 0.414 bits per heavy atom. The van der Waals surface area contributed by atoms with Gasteiger partial charge in [-0.1, -0.05) is 121 Å². The second kappa shape index (κ2) is 11.8. The van der Waals surface area contributed by atoms with Crippen LogP contribution in [-0.4, -0.2) is 14.5 Å². The summed E-state index contributed by atoms with van der Waals surface area (Å²) in [6, 6.07) is 63.6. The smallest absolute Gasteiger partial charge is 0.235 e. The van der Waals surface area contributed by atoms with Gasteiger partial charge in [-0.3, -0.25) is 9.47 Å². The van der Waals surface area contributed by atoms with E-state index in [1.54, 1.807) is 0 Å². The average molecular weight is 743 g/mol. The highest BCUT2D eigenvalue weighted by Crippen LogP contribution is 2.60. The predicted molar refractivity (Wildman–Crippen MR) is 235 cm³/mol. The second-order valence-electron chi connectivity index (χ2n) is 15.0. The maximum Gasteiger partial charge on any atom is 0.235 e. The lowest BCUT2D eigenvalue weighted by Crippen LogP contribution is -2.20. The summed E-state index contributed by atoms with van der Waals surface area (Å²) in [5.74, 6) is 3.73. The lowest BCUT2D eigenvalue weighted by atomic mass is 9.98. The molecule has 0 fully saturated rings. The van der Waals surface area contributed by atoms with Crippen LogP contribution in [0.5, 0.6) is 23.0 Å². The minimum absolute atomic E-state index is 0.627. The summed E-state index contributed by atoms with van der Waals surface area (Å²) < 4.78 is 15.5. The highest BCUT2D eigenvalue weighted by atomic mass is 16.5. The van der Waals surface area contributed by atoms with Crippen LogP contribution < -0.4 is 14.4 Å². The minimum Gasteiger partial charge on any atom is -0.453 e. The molecule has 0 spiro atoms.